The van der Waals surface area contributed by atoms with E-state index in [9.17, 15) is 13.2 Å². The van der Waals surface area contributed by atoms with Crippen molar-refractivity contribution in [3.05, 3.63) is 29.8 Å². The summed E-state index contributed by atoms with van der Waals surface area (Å²) >= 11 is 0. The average molecular weight is 284 g/mol. The fourth-order valence-corrected chi connectivity index (χ4v) is 2.57. The predicted octanol–water partition coefficient (Wildman–Crippen LogP) is 1.22. The fraction of sp³-hybridized carbons (Fsp3) is 0.462. The number of hydrogen-bond acceptors (Lipinski definition) is 3. The van der Waals surface area contributed by atoms with E-state index in [1.54, 1.807) is 12.1 Å². The van der Waals surface area contributed by atoms with Gasteiger partial charge in [-0.2, -0.15) is 0 Å². The molecule has 5 nitrogen and oxygen atoms in total. The molecule has 1 aromatic rings. The molecule has 1 amide bonds. The van der Waals surface area contributed by atoms with Gasteiger partial charge in [-0.1, -0.05) is 26.0 Å². The molecule has 1 aromatic carbocycles. The quantitative estimate of drug-likeness (QED) is 0.771. The maximum absolute atomic E-state index is 11.9. The molecule has 2 N–H and O–H groups in total. The smallest absolute Gasteiger partial charge is 0.240 e. The van der Waals surface area contributed by atoms with Gasteiger partial charge in [0.15, 0.2) is 0 Å². The van der Waals surface area contributed by atoms with Gasteiger partial charge < -0.3 is 5.32 Å². The Balaban J connectivity index is 2.64. The molecule has 0 aliphatic rings. The highest BCUT2D eigenvalue weighted by Gasteiger charge is 2.13. The third-order valence-electron chi connectivity index (χ3n) is 2.65. The SMILES string of the molecule is CC(=O)NCCNS(=O)(=O)c1ccc(C(C)C)cc1. The zero-order valence-electron chi connectivity index (χ0n) is 11.4. The number of amides is 1. The lowest BCUT2D eigenvalue weighted by atomic mass is 10.0. The third kappa shape index (κ3) is 5.00. The van der Waals surface area contributed by atoms with Gasteiger partial charge in [0, 0.05) is 20.0 Å². The Kier molecular flexibility index (Phi) is 5.50. The molecule has 0 spiro atoms. The Morgan fingerprint density at radius 2 is 1.74 bits per heavy atom. The van der Waals surface area contributed by atoms with Crippen LogP contribution >= 0.6 is 0 Å². The van der Waals surface area contributed by atoms with Crippen LogP contribution in [0.15, 0.2) is 29.2 Å². The van der Waals surface area contributed by atoms with Crippen LogP contribution in [0.5, 0.6) is 0 Å². The van der Waals surface area contributed by atoms with Gasteiger partial charge in [-0.3, -0.25) is 4.79 Å². The Labute approximate surface area is 114 Å². The highest BCUT2D eigenvalue weighted by Crippen LogP contribution is 2.16. The van der Waals surface area contributed by atoms with E-state index in [1.165, 1.54) is 6.92 Å². The van der Waals surface area contributed by atoms with E-state index in [0.29, 0.717) is 5.92 Å². The Bertz CT molecular complexity index is 521. The first-order valence-corrected chi connectivity index (χ1v) is 7.65. The van der Waals surface area contributed by atoms with E-state index in [-0.39, 0.29) is 23.9 Å². The van der Waals surface area contributed by atoms with Crippen molar-refractivity contribution in [2.75, 3.05) is 13.1 Å². The van der Waals surface area contributed by atoms with Crippen molar-refractivity contribution in [2.45, 2.75) is 31.6 Å². The molecule has 0 saturated carbocycles. The molecule has 0 aliphatic heterocycles. The lowest BCUT2D eigenvalue weighted by Crippen LogP contribution is -2.33. The molecule has 0 unspecified atom stereocenters. The highest BCUT2D eigenvalue weighted by atomic mass is 32.2. The van der Waals surface area contributed by atoms with Crippen molar-refractivity contribution in [3.8, 4) is 0 Å². The molecule has 0 aliphatic carbocycles. The van der Waals surface area contributed by atoms with Crippen LogP contribution in [-0.2, 0) is 14.8 Å². The third-order valence-corrected chi connectivity index (χ3v) is 4.13. The van der Waals surface area contributed by atoms with E-state index >= 15 is 0 Å². The van der Waals surface area contributed by atoms with Crippen molar-refractivity contribution in [1.29, 1.82) is 0 Å². The van der Waals surface area contributed by atoms with Crippen molar-refractivity contribution in [1.82, 2.24) is 10.0 Å². The first kappa shape index (κ1) is 15.7. The van der Waals surface area contributed by atoms with Crippen molar-refractivity contribution >= 4 is 15.9 Å². The molecule has 0 saturated heterocycles. The van der Waals surface area contributed by atoms with Crippen molar-refractivity contribution in [2.24, 2.45) is 0 Å². The molecule has 0 fully saturated rings. The van der Waals surface area contributed by atoms with Crippen molar-refractivity contribution < 1.29 is 13.2 Å². The van der Waals surface area contributed by atoms with Gasteiger partial charge in [0.25, 0.3) is 0 Å². The normalized spacial score (nSPS) is 11.6. The molecule has 6 heteroatoms. The topological polar surface area (TPSA) is 75.3 Å². The number of rotatable bonds is 6. The molecular formula is C13H20N2O3S. The summed E-state index contributed by atoms with van der Waals surface area (Å²) in [5, 5.41) is 2.53. The average Bonchev–Trinajstić information content (AvgIpc) is 2.34. The molecule has 0 aromatic heterocycles. The lowest BCUT2D eigenvalue weighted by molar-refractivity contribution is -0.118. The number of benzene rings is 1. The van der Waals surface area contributed by atoms with Crippen LogP contribution in [0.25, 0.3) is 0 Å². The van der Waals surface area contributed by atoms with E-state index in [0.717, 1.165) is 5.56 Å². The zero-order valence-corrected chi connectivity index (χ0v) is 12.3. The van der Waals surface area contributed by atoms with Crippen LogP contribution in [0.1, 0.15) is 32.3 Å². The molecule has 0 bridgehead atoms. The summed E-state index contributed by atoms with van der Waals surface area (Å²) in [5.41, 5.74) is 1.09. The summed E-state index contributed by atoms with van der Waals surface area (Å²) < 4.78 is 26.3. The number of hydrogen-bond donors (Lipinski definition) is 2. The van der Waals surface area contributed by atoms with Crippen LogP contribution < -0.4 is 10.0 Å². The number of nitrogens with one attached hydrogen (secondary N) is 2. The van der Waals surface area contributed by atoms with E-state index in [2.05, 4.69) is 23.9 Å². The number of carbonyl (C=O) groups is 1. The molecule has 0 radical (unpaired) electrons. The second-order valence-corrected chi connectivity index (χ2v) is 6.37. The monoisotopic (exact) mass is 284 g/mol. The first-order chi connectivity index (χ1) is 8.83. The summed E-state index contributed by atoms with van der Waals surface area (Å²) in [4.78, 5) is 10.9. The largest absolute Gasteiger partial charge is 0.355 e. The minimum atomic E-state index is -3.50. The first-order valence-electron chi connectivity index (χ1n) is 6.17. The minimum Gasteiger partial charge on any atom is -0.355 e. The van der Waals surface area contributed by atoms with Gasteiger partial charge in [-0.15, -0.1) is 0 Å². The summed E-state index contributed by atoms with van der Waals surface area (Å²) in [6, 6.07) is 6.81. The molecule has 19 heavy (non-hydrogen) atoms. The van der Waals surface area contributed by atoms with Gasteiger partial charge in [0.1, 0.15) is 0 Å². The van der Waals surface area contributed by atoms with Gasteiger partial charge in [0.05, 0.1) is 4.90 Å². The zero-order chi connectivity index (χ0) is 14.5. The Morgan fingerprint density at radius 1 is 1.16 bits per heavy atom. The molecule has 0 heterocycles. The van der Waals surface area contributed by atoms with Crippen LogP contribution in [0.2, 0.25) is 0 Å². The summed E-state index contributed by atoms with van der Waals surface area (Å²) in [7, 11) is -3.50. The van der Waals surface area contributed by atoms with E-state index in [1.807, 2.05) is 12.1 Å². The molecule has 106 valence electrons. The molecular weight excluding hydrogens is 264 g/mol. The summed E-state index contributed by atoms with van der Waals surface area (Å²) in [5.74, 6) is 0.185. The van der Waals surface area contributed by atoms with Gasteiger partial charge in [-0.05, 0) is 23.6 Å². The maximum Gasteiger partial charge on any atom is 0.240 e. The van der Waals surface area contributed by atoms with Crippen LogP contribution in [-0.4, -0.2) is 27.4 Å². The van der Waals surface area contributed by atoms with E-state index < -0.39 is 10.0 Å². The maximum atomic E-state index is 11.9. The summed E-state index contributed by atoms with van der Waals surface area (Å²) in [6.45, 7) is 5.94. The van der Waals surface area contributed by atoms with E-state index in [4.69, 9.17) is 0 Å². The second kappa shape index (κ2) is 6.68. The van der Waals surface area contributed by atoms with Gasteiger partial charge in [0.2, 0.25) is 15.9 Å². The highest BCUT2D eigenvalue weighted by molar-refractivity contribution is 7.89. The van der Waals surface area contributed by atoms with Crippen LogP contribution in [0.4, 0.5) is 0 Å². The number of sulfonamides is 1. The number of carbonyl (C=O) groups excluding carboxylic acids is 1. The Morgan fingerprint density at radius 3 is 2.21 bits per heavy atom. The standard InChI is InChI=1S/C13H20N2O3S/c1-10(2)12-4-6-13(7-5-12)19(17,18)15-9-8-14-11(3)16/h4-7,10,15H,8-9H2,1-3H3,(H,14,16). The van der Waals surface area contributed by atoms with Crippen LogP contribution in [0.3, 0.4) is 0 Å². The molecule has 1 rings (SSSR count). The molecule has 0 atom stereocenters. The van der Waals surface area contributed by atoms with Crippen LogP contribution in [0, 0.1) is 0 Å². The predicted molar refractivity (Wildman–Crippen MR) is 74.4 cm³/mol. The second-order valence-electron chi connectivity index (χ2n) is 4.60. The fourth-order valence-electron chi connectivity index (χ4n) is 1.54. The van der Waals surface area contributed by atoms with Gasteiger partial charge >= 0.3 is 0 Å². The lowest BCUT2D eigenvalue weighted by Gasteiger charge is -2.09. The summed E-state index contributed by atoms with van der Waals surface area (Å²) in [6.07, 6.45) is 0. The van der Waals surface area contributed by atoms with Crippen molar-refractivity contribution in [3.63, 3.8) is 0 Å². The van der Waals surface area contributed by atoms with Gasteiger partial charge in [-0.25, -0.2) is 13.1 Å². The minimum absolute atomic E-state index is 0.174. The Hall–Kier alpha value is -1.40.